The van der Waals surface area contributed by atoms with Gasteiger partial charge in [0.1, 0.15) is 0 Å². The van der Waals surface area contributed by atoms with E-state index in [1.807, 2.05) is 0 Å². The number of rotatable bonds is 3. The molecule has 1 heteroatoms. The molecule has 0 aliphatic carbocycles. The average Bonchev–Trinajstić information content (AvgIpc) is 2.63. The first-order valence-corrected chi connectivity index (χ1v) is 8.37. The molecule has 3 aromatic rings. The Balaban J connectivity index is 1.64. The molecular formula is C22H21N. The van der Waals surface area contributed by atoms with Gasteiger partial charge in [0.2, 0.25) is 0 Å². The lowest BCUT2D eigenvalue weighted by Gasteiger charge is -2.32. The van der Waals surface area contributed by atoms with Gasteiger partial charge in [-0.3, -0.25) is 0 Å². The fourth-order valence-corrected chi connectivity index (χ4v) is 3.45. The predicted molar refractivity (Wildman–Crippen MR) is 97.7 cm³/mol. The summed E-state index contributed by atoms with van der Waals surface area (Å²) in [6, 6.07) is 28.4. The van der Waals surface area contributed by atoms with Crippen LogP contribution in [0.5, 0.6) is 0 Å². The summed E-state index contributed by atoms with van der Waals surface area (Å²) in [4.78, 5) is 2.52. The van der Waals surface area contributed by atoms with Gasteiger partial charge in [0.15, 0.2) is 0 Å². The van der Waals surface area contributed by atoms with Crippen LogP contribution in [0.15, 0.2) is 78.9 Å². The van der Waals surface area contributed by atoms with E-state index in [9.17, 15) is 0 Å². The van der Waals surface area contributed by atoms with E-state index < -0.39 is 0 Å². The number of hydrogen-bond acceptors (Lipinski definition) is 1. The maximum atomic E-state index is 2.52. The zero-order valence-electron chi connectivity index (χ0n) is 13.3. The van der Waals surface area contributed by atoms with Crippen molar-refractivity contribution in [2.24, 2.45) is 0 Å². The second kappa shape index (κ2) is 6.29. The van der Waals surface area contributed by atoms with E-state index in [2.05, 4.69) is 83.8 Å². The van der Waals surface area contributed by atoms with Crippen molar-refractivity contribution in [2.75, 3.05) is 11.4 Å². The molecule has 114 valence electrons. The van der Waals surface area contributed by atoms with Gasteiger partial charge in [-0.1, -0.05) is 66.7 Å². The zero-order chi connectivity index (χ0) is 15.5. The second-order valence-corrected chi connectivity index (χ2v) is 6.22. The molecule has 1 nitrogen and oxygen atoms in total. The van der Waals surface area contributed by atoms with Crippen molar-refractivity contribution in [3.05, 3.63) is 90.0 Å². The molecule has 0 unspecified atom stereocenters. The summed E-state index contributed by atoms with van der Waals surface area (Å²) in [7, 11) is 0. The molecule has 0 spiro atoms. The van der Waals surface area contributed by atoms with Gasteiger partial charge in [-0.2, -0.15) is 0 Å². The molecule has 0 saturated heterocycles. The maximum absolute atomic E-state index is 2.52. The van der Waals surface area contributed by atoms with Gasteiger partial charge in [-0.25, -0.2) is 0 Å². The Morgan fingerprint density at radius 3 is 2.26 bits per heavy atom. The van der Waals surface area contributed by atoms with Gasteiger partial charge in [0.25, 0.3) is 0 Å². The van der Waals surface area contributed by atoms with Crippen LogP contribution < -0.4 is 4.90 Å². The maximum Gasteiger partial charge on any atom is 0.0429 e. The summed E-state index contributed by atoms with van der Waals surface area (Å²) >= 11 is 0. The number of aryl methyl sites for hydroxylation is 1. The summed E-state index contributed by atoms with van der Waals surface area (Å²) < 4.78 is 0. The molecule has 0 aromatic heterocycles. The van der Waals surface area contributed by atoms with Crippen molar-refractivity contribution in [3.8, 4) is 11.1 Å². The lowest BCUT2D eigenvalue weighted by Crippen LogP contribution is -2.28. The van der Waals surface area contributed by atoms with Gasteiger partial charge in [-0.15, -0.1) is 0 Å². The molecule has 0 amide bonds. The summed E-state index contributed by atoms with van der Waals surface area (Å²) in [6.07, 6.45) is 2.42. The minimum absolute atomic E-state index is 0.999. The van der Waals surface area contributed by atoms with Crippen LogP contribution in [0.1, 0.15) is 17.5 Å². The van der Waals surface area contributed by atoms with Crippen molar-refractivity contribution in [1.29, 1.82) is 0 Å². The number of fused-ring (bicyclic) bond motifs is 1. The first kappa shape index (κ1) is 14.1. The van der Waals surface area contributed by atoms with E-state index in [0.29, 0.717) is 0 Å². The van der Waals surface area contributed by atoms with E-state index in [0.717, 1.165) is 13.1 Å². The van der Waals surface area contributed by atoms with Crippen LogP contribution in [0.25, 0.3) is 11.1 Å². The summed E-state index contributed by atoms with van der Waals surface area (Å²) in [5.74, 6) is 0. The molecule has 0 atom stereocenters. The van der Waals surface area contributed by atoms with Crippen LogP contribution in [0.2, 0.25) is 0 Å². The molecule has 3 aromatic carbocycles. The van der Waals surface area contributed by atoms with Crippen LogP contribution in [0.4, 0.5) is 5.69 Å². The van der Waals surface area contributed by atoms with E-state index in [4.69, 9.17) is 0 Å². The Bertz CT molecular complexity index is 778. The Hall–Kier alpha value is -2.54. The van der Waals surface area contributed by atoms with Crippen molar-refractivity contribution in [2.45, 2.75) is 19.4 Å². The molecule has 0 N–H and O–H groups in total. The van der Waals surface area contributed by atoms with Gasteiger partial charge < -0.3 is 4.90 Å². The lowest BCUT2D eigenvalue weighted by molar-refractivity contribution is 0.691. The Morgan fingerprint density at radius 2 is 1.48 bits per heavy atom. The van der Waals surface area contributed by atoms with Gasteiger partial charge in [0.05, 0.1) is 0 Å². The smallest absolute Gasteiger partial charge is 0.0429 e. The van der Waals surface area contributed by atoms with Crippen LogP contribution in [0, 0.1) is 0 Å². The second-order valence-electron chi connectivity index (χ2n) is 6.22. The van der Waals surface area contributed by atoms with E-state index in [1.165, 1.54) is 40.8 Å². The normalized spacial score (nSPS) is 13.7. The zero-order valence-corrected chi connectivity index (χ0v) is 13.3. The van der Waals surface area contributed by atoms with Gasteiger partial charge in [0, 0.05) is 18.8 Å². The van der Waals surface area contributed by atoms with Crippen LogP contribution in [-0.4, -0.2) is 6.54 Å². The third-order valence-corrected chi connectivity index (χ3v) is 4.62. The van der Waals surface area contributed by atoms with Gasteiger partial charge in [-0.05, 0) is 47.2 Å². The van der Waals surface area contributed by atoms with Crippen molar-refractivity contribution in [3.63, 3.8) is 0 Å². The largest absolute Gasteiger partial charge is 0.367 e. The Kier molecular flexibility index (Phi) is 3.85. The monoisotopic (exact) mass is 299 g/mol. The highest BCUT2D eigenvalue weighted by atomic mass is 15.1. The number of nitrogens with zero attached hydrogens (tertiary/aromatic N) is 1. The molecular weight excluding hydrogens is 278 g/mol. The third kappa shape index (κ3) is 3.00. The molecule has 0 radical (unpaired) electrons. The van der Waals surface area contributed by atoms with Crippen LogP contribution in [-0.2, 0) is 13.0 Å². The lowest BCUT2D eigenvalue weighted by atomic mass is 9.96. The van der Waals surface area contributed by atoms with Crippen molar-refractivity contribution < 1.29 is 0 Å². The Morgan fingerprint density at radius 1 is 0.739 bits per heavy atom. The molecule has 1 aliphatic heterocycles. The van der Waals surface area contributed by atoms with Gasteiger partial charge >= 0.3 is 0 Å². The number of hydrogen-bond donors (Lipinski definition) is 0. The highest BCUT2D eigenvalue weighted by Gasteiger charge is 2.17. The molecule has 23 heavy (non-hydrogen) atoms. The Labute approximate surface area is 138 Å². The predicted octanol–water partition coefficient (Wildman–Crippen LogP) is 5.31. The quantitative estimate of drug-likeness (QED) is 0.634. The van der Waals surface area contributed by atoms with E-state index in [1.54, 1.807) is 0 Å². The van der Waals surface area contributed by atoms with Crippen molar-refractivity contribution in [1.82, 2.24) is 0 Å². The molecule has 1 aliphatic rings. The fraction of sp³-hybridized carbons (Fsp3) is 0.182. The number of anilines is 1. The summed E-state index contributed by atoms with van der Waals surface area (Å²) in [5.41, 5.74) is 6.89. The molecule has 0 bridgehead atoms. The summed E-state index contributed by atoms with van der Waals surface area (Å²) in [6.45, 7) is 2.14. The molecule has 0 fully saturated rings. The van der Waals surface area contributed by atoms with Crippen LogP contribution in [0.3, 0.4) is 0 Å². The van der Waals surface area contributed by atoms with E-state index >= 15 is 0 Å². The SMILES string of the molecule is c1ccc(CN2CCCc3cc(-c4ccccc4)ccc32)cc1. The highest BCUT2D eigenvalue weighted by molar-refractivity contribution is 5.69. The third-order valence-electron chi connectivity index (χ3n) is 4.62. The highest BCUT2D eigenvalue weighted by Crippen LogP contribution is 2.32. The number of benzene rings is 3. The summed E-state index contributed by atoms with van der Waals surface area (Å²) in [5, 5.41) is 0. The minimum Gasteiger partial charge on any atom is -0.367 e. The minimum atomic E-state index is 0.999. The topological polar surface area (TPSA) is 3.24 Å². The first-order valence-electron chi connectivity index (χ1n) is 8.37. The molecule has 0 saturated carbocycles. The van der Waals surface area contributed by atoms with E-state index in [-0.39, 0.29) is 0 Å². The molecule has 4 rings (SSSR count). The van der Waals surface area contributed by atoms with Crippen LogP contribution >= 0.6 is 0 Å². The first-order chi connectivity index (χ1) is 11.4. The van der Waals surface area contributed by atoms with Crippen molar-refractivity contribution >= 4 is 5.69 Å². The fourth-order valence-electron chi connectivity index (χ4n) is 3.45. The standard InChI is InChI=1S/C22H21N/c1-3-8-18(9-4-1)17-23-15-7-12-21-16-20(13-14-22(21)23)19-10-5-2-6-11-19/h1-6,8-11,13-14,16H,7,12,15,17H2. The molecule has 1 heterocycles. The average molecular weight is 299 g/mol.